The number of aryl methyl sites for hydroxylation is 2. The number of carbonyl (C=O) groups is 1. The predicted molar refractivity (Wildman–Crippen MR) is 108 cm³/mol. The zero-order valence-corrected chi connectivity index (χ0v) is 17.4. The summed E-state index contributed by atoms with van der Waals surface area (Å²) in [4.78, 5) is 12.2. The highest BCUT2D eigenvalue weighted by atomic mass is 32.2. The Labute approximate surface area is 171 Å². The smallest absolute Gasteiger partial charge is 0.246 e. The van der Waals surface area contributed by atoms with Crippen LogP contribution in [0.2, 0.25) is 0 Å². The lowest BCUT2D eigenvalue weighted by atomic mass is 9.92. The first-order valence-corrected chi connectivity index (χ1v) is 11.0. The quantitative estimate of drug-likeness (QED) is 0.311. The molecule has 2 aromatic rings. The molecule has 1 amide bonds. The summed E-state index contributed by atoms with van der Waals surface area (Å²) >= 11 is 0. The van der Waals surface area contributed by atoms with E-state index in [9.17, 15) is 17.6 Å². The summed E-state index contributed by atoms with van der Waals surface area (Å²) in [5.41, 5.74) is 3.53. The normalized spacial score (nSPS) is 12.6. The molecular formula is C21H27FN2O4S. The van der Waals surface area contributed by atoms with Gasteiger partial charge in [-0.1, -0.05) is 36.8 Å². The molecule has 29 heavy (non-hydrogen) atoms. The molecule has 0 aliphatic rings. The molecule has 0 aliphatic carbocycles. The third-order valence-corrected chi connectivity index (χ3v) is 6.26. The summed E-state index contributed by atoms with van der Waals surface area (Å²) < 4.78 is 40.7. The molecule has 0 aromatic heterocycles. The topological polar surface area (TPSA) is 95.5 Å². The van der Waals surface area contributed by atoms with Gasteiger partial charge in [0.25, 0.3) is 0 Å². The summed E-state index contributed by atoms with van der Waals surface area (Å²) in [7, 11) is -3.55. The van der Waals surface area contributed by atoms with Crippen LogP contribution in [0.1, 0.15) is 36.0 Å². The first-order valence-electron chi connectivity index (χ1n) is 9.49. The standard InChI is InChI=1S/C21H27FN2O4S/c1-15-12-17(13-16(2)20(15)22)14-18(21(25)24-26)8-6-7-11-23-29(27,28)19-9-4-3-5-10-19/h3-5,9-10,12-13,18,23,26H,6-8,11,14H2,1-2H3,(H,24,25)/t18-/m0/s1. The first-order chi connectivity index (χ1) is 13.7. The Morgan fingerprint density at radius 1 is 1.10 bits per heavy atom. The number of unbranched alkanes of at least 4 members (excludes halogenated alkanes) is 1. The lowest BCUT2D eigenvalue weighted by Crippen LogP contribution is -2.30. The van der Waals surface area contributed by atoms with Gasteiger partial charge >= 0.3 is 0 Å². The van der Waals surface area contributed by atoms with E-state index < -0.39 is 21.8 Å². The molecule has 0 radical (unpaired) electrons. The summed E-state index contributed by atoms with van der Waals surface area (Å²) in [5, 5.41) is 9.02. The highest BCUT2D eigenvalue weighted by molar-refractivity contribution is 7.89. The van der Waals surface area contributed by atoms with Crippen molar-refractivity contribution in [3.63, 3.8) is 0 Å². The van der Waals surface area contributed by atoms with Gasteiger partial charge in [0.1, 0.15) is 5.82 Å². The van der Waals surface area contributed by atoms with E-state index in [1.54, 1.807) is 49.7 Å². The van der Waals surface area contributed by atoms with Gasteiger partial charge in [-0.25, -0.2) is 23.0 Å². The zero-order valence-electron chi connectivity index (χ0n) is 16.6. The molecule has 0 aliphatic heterocycles. The number of nitrogens with one attached hydrogen (secondary N) is 2. The van der Waals surface area contributed by atoms with Crippen LogP contribution in [0.3, 0.4) is 0 Å². The van der Waals surface area contributed by atoms with Crippen LogP contribution in [-0.2, 0) is 21.2 Å². The van der Waals surface area contributed by atoms with Gasteiger partial charge in [-0.2, -0.15) is 0 Å². The maximum absolute atomic E-state index is 13.8. The molecule has 3 N–H and O–H groups in total. The Balaban J connectivity index is 1.89. The van der Waals surface area contributed by atoms with E-state index in [4.69, 9.17) is 5.21 Å². The second-order valence-corrected chi connectivity index (χ2v) is 8.89. The summed E-state index contributed by atoms with van der Waals surface area (Å²) in [6.07, 6.45) is 1.97. The van der Waals surface area contributed by atoms with E-state index in [-0.39, 0.29) is 17.3 Å². The molecule has 6 nitrogen and oxygen atoms in total. The number of hydroxylamine groups is 1. The van der Waals surface area contributed by atoms with Crippen LogP contribution in [0.5, 0.6) is 0 Å². The number of halogens is 1. The van der Waals surface area contributed by atoms with Crippen molar-refractivity contribution in [2.24, 2.45) is 5.92 Å². The molecule has 0 saturated heterocycles. The molecule has 2 rings (SSSR count). The molecule has 0 spiro atoms. The Morgan fingerprint density at radius 2 is 1.72 bits per heavy atom. The minimum Gasteiger partial charge on any atom is -0.289 e. The van der Waals surface area contributed by atoms with Gasteiger partial charge in [-0.3, -0.25) is 10.0 Å². The maximum atomic E-state index is 13.8. The van der Waals surface area contributed by atoms with Crippen LogP contribution in [0.25, 0.3) is 0 Å². The van der Waals surface area contributed by atoms with E-state index in [2.05, 4.69) is 4.72 Å². The molecule has 0 saturated carbocycles. The van der Waals surface area contributed by atoms with Gasteiger partial charge in [0.15, 0.2) is 0 Å². The van der Waals surface area contributed by atoms with Gasteiger partial charge in [-0.05, 0) is 61.9 Å². The minimum atomic E-state index is -3.55. The molecule has 0 bridgehead atoms. The molecule has 0 fully saturated rings. The third kappa shape index (κ3) is 6.62. The fourth-order valence-electron chi connectivity index (χ4n) is 3.26. The SMILES string of the molecule is Cc1cc(C[C@H](CCCCNS(=O)(=O)c2ccccc2)C(=O)NO)cc(C)c1F. The van der Waals surface area contributed by atoms with Gasteiger partial charge in [-0.15, -0.1) is 0 Å². The average Bonchev–Trinajstić information content (AvgIpc) is 2.70. The number of carbonyl (C=O) groups excluding carboxylic acids is 1. The van der Waals surface area contributed by atoms with Crippen molar-refractivity contribution in [1.29, 1.82) is 0 Å². The second-order valence-electron chi connectivity index (χ2n) is 7.13. The largest absolute Gasteiger partial charge is 0.289 e. The van der Waals surface area contributed by atoms with E-state index in [1.807, 2.05) is 0 Å². The molecule has 8 heteroatoms. The van der Waals surface area contributed by atoms with E-state index in [0.29, 0.717) is 36.8 Å². The number of hydrogen-bond donors (Lipinski definition) is 3. The highest BCUT2D eigenvalue weighted by Gasteiger charge is 2.19. The minimum absolute atomic E-state index is 0.208. The first kappa shape index (κ1) is 23.0. The summed E-state index contributed by atoms with van der Waals surface area (Å²) in [6, 6.07) is 11.5. The third-order valence-electron chi connectivity index (χ3n) is 4.78. The lowest BCUT2D eigenvalue weighted by molar-refractivity contribution is -0.133. The molecule has 158 valence electrons. The maximum Gasteiger partial charge on any atom is 0.246 e. The highest BCUT2D eigenvalue weighted by Crippen LogP contribution is 2.20. The van der Waals surface area contributed by atoms with Crippen LogP contribution < -0.4 is 10.2 Å². The fraction of sp³-hybridized carbons (Fsp3) is 0.381. The van der Waals surface area contributed by atoms with Crippen molar-refractivity contribution >= 4 is 15.9 Å². The molecule has 0 unspecified atom stereocenters. The van der Waals surface area contributed by atoms with Gasteiger partial charge in [0.2, 0.25) is 15.9 Å². The van der Waals surface area contributed by atoms with Crippen molar-refractivity contribution in [1.82, 2.24) is 10.2 Å². The number of sulfonamides is 1. The van der Waals surface area contributed by atoms with E-state index in [1.165, 1.54) is 12.1 Å². The Bertz CT molecular complexity index is 910. The predicted octanol–water partition coefficient (Wildman–Crippen LogP) is 3.26. The van der Waals surface area contributed by atoms with Crippen LogP contribution in [0.15, 0.2) is 47.4 Å². The lowest BCUT2D eigenvalue weighted by Gasteiger charge is -2.16. The van der Waals surface area contributed by atoms with E-state index >= 15 is 0 Å². The molecular weight excluding hydrogens is 395 g/mol. The summed E-state index contributed by atoms with van der Waals surface area (Å²) in [5.74, 6) is -1.26. The summed E-state index contributed by atoms with van der Waals surface area (Å²) in [6.45, 7) is 3.59. The van der Waals surface area contributed by atoms with Crippen LogP contribution in [-0.4, -0.2) is 26.1 Å². The average molecular weight is 423 g/mol. The Kier molecular flexibility index (Phi) is 8.31. The molecule has 0 heterocycles. The Hall–Kier alpha value is -2.29. The van der Waals surface area contributed by atoms with E-state index in [0.717, 1.165) is 5.56 Å². The molecule has 2 aromatic carbocycles. The fourth-order valence-corrected chi connectivity index (χ4v) is 4.36. The number of amides is 1. The van der Waals surface area contributed by atoms with Crippen molar-refractivity contribution in [2.75, 3.05) is 6.54 Å². The number of benzene rings is 2. The number of rotatable bonds is 10. The van der Waals surface area contributed by atoms with Crippen molar-refractivity contribution in [3.05, 3.63) is 65.0 Å². The number of hydrogen-bond acceptors (Lipinski definition) is 4. The van der Waals surface area contributed by atoms with Gasteiger partial charge in [0.05, 0.1) is 4.90 Å². The zero-order chi connectivity index (χ0) is 21.4. The van der Waals surface area contributed by atoms with Crippen molar-refractivity contribution in [2.45, 2.75) is 44.4 Å². The second kappa shape index (κ2) is 10.5. The van der Waals surface area contributed by atoms with Crippen molar-refractivity contribution in [3.8, 4) is 0 Å². The van der Waals surface area contributed by atoms with Crippen LogP contribution >= 0.6 is 0 Å². The Morgan fingerprint density at radius 3 is 2.31 bits per heavy atom. The molecule has 1 atom stereocenters. The van der Waals surface area contributed by atoms with Gasteiger partial charge < -0.3 is 0 Å². The van der Waals surface area contributed by atoms with Crippen molar-refractivity contribution < 1.29 is 22.8 Å². The van der Waals surface area contributed by atoms with Crippen LogP contribution in [0, 0.1) is 25.6 Å². The van der Waals surface area contributed by atoms with Gasteiger partial charge in [0, 0.05) is 12.5 Å². The van der Waals surface area contributed by atoms with Crippen LogP contribution in [0.4, 0.5) is 4.39 Å². The monoisotopic (exact) mass is 422 g/mol.